The molecule has 1 aliphatic rings. The highest BCUT2D eigenvalue weighted by atomic mass is 16.7. The van der Waals surface area contributed by atoms with Gasteiger partial charge in [0.25, 0.3) is 0 Å². The van der Waals surface area contributed by atoms with E-state index in [2.05, 4.69) is 0 Å². The molecule has 2 N–H and O–H groups in total. The van der Waals surface area contributed by atoms with E-state index in [4.69, 9.17) is 14.2 Å². The van der Waals surface area contributed by atoms with Gasteiger partial charge in [-0.3, -0.25) is 0 Å². The minimum Gasteiger partial charge on any atom is -0.381 e. The van der Waals surface area contributed by atoms with Crippen molar-refractivity contribution in [1.82, 2.24) is 0 Å². The molecule has 1 fully saturated rings. The molecule has 0 spiro atoms. The maximum absolute atomic E-state index is 11.5. The molecule has 0 aliphatic carbocycles. The highest BCUT2D eigenvalue weighted by Crippen LogP contribution is 2.36. The van der Waals surface area contributed by atoms with Crippen LogP contribution in [0, 0.1) is 0 Å². The lowest BCUT2D eigenvalue weighted by Crippen LogP contribution is -2.51. The van der Waals surface area contributed by atoms with E-state index in [0.717, 1.165) is 16.7 Å². The molecule has 0 bridgehead atoms. The normalized spacial score (nSPS) is 25.5. The van der Waals surface area contributed by atoms with E-state index in [9.17, 15) is 10.2 Å². The molecule has 162 valence electrons. The van der Waals surface area contributed by atoms with Gasteiger partial charge in [0.1, 0.15) is 17.8 Å². The van der Waals surface area contributed by atoms with Gasteiger partial charge < -0.3 is 24.4 Å². The summed E-state index contributed by atoms with van der Waals surface area (Å²) in [6.07, 6.45) is -2.52. The van der Waals surface area contributed by atoms with Gasteiger partial charge in [-0.15, -0.1) is 0 Å². The first-order valence-corrected chi connectivity index (χ1v) is 10.5. The summed E-state index contributed by atoms with van der Waals surface area (Å²) in [4.78, 5) is 0. The summed E-state index contributed by atoms with van der Waals surface area (Å²) in [5.74, 6) is 0. The summed E-state index contributed by atoms with van der Waals surface area (Å²) >= 11 is 0. The molecule has 3 aromatic rings. The molecular formula is C26H28O5. The summed E-state index contributed by atoms with van der Waals surface area (Å²) in [5, 5.41) is 22.1. The molecule has 4 atom stereocenters. The van der Waals surface area contributed by atoms with Gasteiger partial charge in [-0.1, -0.05) is 91.0 Å². The predicted molar refractivity (Wildman–Crippen MR) is 117 cm³/mol. The molecule has 0 radical (unpaired) electrons. The van der Waals surface area contributed by atoms with Crippen molar-refractivity contribution in [1.29, 1.82) is 0 Å². The van der Waals surface area contributed by atoms with Crippen molar-refractivity contribution in [3.8, 4) is 0 Å². The summed E-state index contributed by atoms with van der Waals surface area (Å²) in [6.45, 7) is 0.912. The standard InChI is InChI=1S/C26H28O5/c27-25-26(28,16-20-10-4-1-5-11-20)24(30-18-22-14-8-3-9-15-22)23(31-25)19-29-17-21-12-6-2-7-13-21/h1-15,23-25,27-28H,16-19H2/t23-,24-,25?,26-/m1/s1. The van der Waals surface area contributed by atoms with Crippen LogP contribution in [-0.2, 0) is 33.8 Å². The number of aliphatic hydroxyl groups excluding tert-OH is 1. The van der Waals surface area contributed by atoms with E-state index in [1.165, 1.54) is 0 Å². The fraction of sp³-hybridized carbons (Fsp3) is 0.308. The van der Waals surface area contributed by atoms with E-state index >= 15 is 0 Å². The number of hydrogen-bond donors (Lipinski definition) is 2. The maximum atomic E-state index is 11.5. The van der Waals surface area contributed by atoms with Gasteiger partial charge in [-0.05, 0) is 16.7 Å². The summed E-state index contributed by atoms with van der Waals surface area (Å²) in [5.41, 5.74) is 1.33. The highest BCUT2D eigenvalue weighted by Gasteiger charge is 2.56. The first kappa shape index (κ1) is 21.7. The van der Waals surface area contributed by atoms with Crippen LogP contribution in [0.25, 0.3) is 0 Å². The molecule has 5 heteroatoms. The molecule has 1 heterocycles. The zero-order chi connectivity index (χ0) is 21.5. The molecule has 5 nitrogen and oxygen atoms in total. The van der Waals surface area contributed by atoms with Crippen molar-refractivity contribution < 1.29 is 24.4 Å². The van der Waals surface area contributed by atoms with Crippen LogP contribution in [0.1, 0.15) is 16.7 Å². The second-order valence-electron chi connectivity index (χ2n) is 7.90. The van der Waals surface area contributed by atoms with Gasteiger partial charge in [0, 0.05) is 6.42 Å². The van der Waals surface area contributed by atoms with E-state index in [1.807, 2.05) is 91.0 Å². The largest absolute Gasteiger partial charge is 0.381 e. The van der Waals surface area contributed by atoms with Crippen molar-refractivity contribution in [2.45, 2.75) is 43.7 Å². The zero-order valence-electron chi connectivity index (χ0n) is 17.3. The molecule has 0 saturated carbocycles. The SMILES string of the molecule is OC1O[C@H](COCc2ccccc2)[C@@H](OCc2ccccc2)[C@]1(O)Cc1ccccc1. The number of rotatable bonds is 9. The van der Waals surface area contributed by atoms with Crippen LogP contribution < -0.4 is 0 Å². The topological polar surface area (TPSA) is 68.2 Å². The minimum absolute atomic E-state index is 0.197. The monoisotopic (exact) mass is 420 g/mol. The second kappa shape index (κ2) is 10.2. The van der Waals surface area contributed by atoms with Crippen LogP contribution in [0.15, 0.2) is 91.0 Å². The molecular weight excluding hydrogens is 392 g/mol. The Morgan fingerprint density at radius 2 is 1.26 bits per heavy atom. The molecule has 31 heavy (non-hydrogen) atoms. The van der Waals surface area contributed by atoms with Gasteiger partial charge in [0.2, 0.25) is 0 Å². The van der Waals surface area contributed by atoms with E-state index in [-0.39, 0.29) is 13.0 Å². The first-order valence-electron chi connectivity index (χ1n) is 10.5. The summed E-state index contributed by atoms with van der Waals surface area (Å²) in [6, 6.07) is 29.1. The molecule has 1 aliphatic heterocycles. The zero-order valence-corrected chi connectivity index (χ0v) is 17.3. The third-order valence-electron chi connectivity index (χ3n) is 5.56. The van der Waals surface area contributed by atoms with Crippen molar-refractivity contribution in [2.24, 2.45) is 0 Å². The minimum atomic E-state index is -1.59. The van der Waals surface area contributed by atoms with Crippen LogP contribution in [-0.4, -0.2) is 40.9 Å². The van der Waals surface area contributed by atoms with E-state index in [1.54, 1.807) is 0 Å². The predicted octanol–water partition coefficient (Wildman–Crippen LogP) is 3.48. The van der Waals surface area contributed by atoms with Crippen molar-refractivity contribution in [2.75, 3.05) is 6.61 Å². The number of benzene rings is 3. The Hall–Kier alpha value is -2.54. The lowest BCUT2D eigenvalue weighted by molar-refractivity contribution is -0.181. The second-order valence-corrected chi connectivity index (χ2v) is 7.90. The van der Waals surface area contributed by atoms with Gasteiger partial charge >= 0.3 is 0 Å². The lowest BCUT2D eigenvalue weighted by atomic mass is 9.88. The Morgan fingerprint density at radius 3 is 1.84 bits per heavy atom. The fourth-order valence-corrected chi connectivity index (χ4v) is 3.93. The molecule has 0 amide bonds. The number of hydrogen-bond acceptors (Lipinski definition) is 5. The van der Waals surface area contributed by atoms with Crippen LogP contribution in [0.5, 0.6) is 0 Å². The molecule has 3 aromatic carbocycles. The first-order chi connectivity index (χ1) is 15.1. The van der Waals surface area contributed by atoms with Crippen molar-refractivity contribution >= 4 is 0 Å². The Balaban J connectivity index is 1.48. The van der Waals surface area contributed by atoms with Gasteiger partial charge in [0.15, 0.2) is 6.29 Å². The maximum Gasteiger partial charge on any atom is 0.187 e. The quantitative estimate of drug-likeness (QED) is 0.555. The molecule has 1 unspecified atom stereocenters. The van der Waals surface area contributed by atoms with E-state index in [0.29, 0.717) is 13.2 Å². The number of ether oxygens (including phenoxy) is 3. The number of aliphatic hydroxyl groups is 2. The van der Waals surface area contributed by atoms with Crippen molar-refractivity contribution in [3.05, 3.63) is 108 Å². The third-order valence-corrected chi connectivity index (χ3v) is 5.56. The Morgan fingerprint density at radius 1 is 0.742 bits per heavy atom. The third kappa shape index (κ3) is 5.39. The molecule has 4 rings (SSSR count). The smallest absolute Gasteiger partial charge is 0.187 e. The van der Waals surface area contributed by atoms with Crippen LogP contribution in [0.2, 0.25) is 0 Å². The Labute approximate surface area is 182 Å². The Kier molecular flexibility index (Phi) is 7.12. The molecule has 0 aromatic heterocycles. The lowest BCUT2D eigenvalue weighted by Gasteiger charge is -2.32. The van der Waals surface area contributed by atoms with Gasteiger partial charge in [-0.25, -0.2) is 0 Å². The molecule has 1 saturated heterocycles. The van der Waals surface area contributed by atoms with Crippen LogP contribution in [0.3, 0.4) is 0 Å². The van der Waals surface area contributed by atoms with Gasteiger partial charge in [0.05, 0.1) is 19.8 Å². The fourth-order valence-electron chi connectivity index (χ4n) is 3.93. The summed E-state index contributed by atoms with van der Waals surface area (Å²) in [7, 11) is 0. The average Bonchev–Trinajstić information content (AvgIpc) is 3.03. The van der Waals surface area contributed by atoms with Crippen molar-refractivity contribution in [3.63, 3.8) is 0 Å². The summed E-state index contributed by atoms with van der Waals surface area (Å²) < 4.78 is 17.7. The van der Waals surface area contributed by atoms with E-state index < -0.39 is 24.1 Å². The Bertz CT molecular complexity index is 918. The highest BCUT2D eigenvalue weighted by molar-refractivity contribution is 5.20. The van der Waals surface area contributed by atoms with Crippen LogP contribution in [0.4, 0.5) is 0 Å². The van der Waals surface area contributed by atoms with Gasteiger partial charge in [-0.2, -0.15) is 0 Å². The average molecular weight is 421 g/mol. The van der Waals surface area contributed by atoms with Crippen LogP contribution >= 0.6 is 0 Å².